The van der Waals surface area contributed by atoms with Gasteiger partial charge in [-0.3, -0.25) is 57.5 Å². The first-order chi connectivity index (χ1) is 56.4. The Hall–Kier alpha value is -10.3. The van der Waals surface area contributed by atoms with Crippen LogP contribution >= 0.6 is 0 Å². The lowest BCUT2D eigenvalue weighted by molar-refractivity contribution is -0.150. The number of unbranched alkanes of at least 4 members (excludes halogenated alkanes) is 1. The van der Waals surface area contributed by atoms with Gasteiger partial charge >= 0.3 is 36.4 Å². The molecule has 122 heavy (non-hydrogen) atoms. The lowest BCUT2D eigenvalue weighted by Gasteiger charge is -2.28. The number of nitrogens with one attached hydrogen (secondary N) is 13. The number of carbonyl (C=O) groups excluding carboxylic acids is 17. The smallest absolute Gasteiger partial charge is 0.407 e. The first-order valence-corrected chi connectivity index (χ1v) is 41.8. The Balaban J connectivity index is 3.12. The fraction of sp³-hybridized carbons (Fsp3) is 0.726. The monoisotopic (exact) mass is 1730 g/mol. The van der Waals surface area contributed by atoms with Crippen LogP contribution in [0.5, 0.6) is 0 Å². The van der Waals surface area contributed by atoms with Crippen LogP contribution in [0.25, 0.3) is 0 Å². The number of rotatable bonds is 36. The number of hydrogen-bond acceptors (Lipinski definition) is 25. The highest BCUT2D eigenvalue weighted by atomic mass is 16.6. The maximum Gasteiger partial charge on any atom is 0.407 e. The zero-order valence-corrected chi connectivity index (χ0v) is 75.1. The highest BCUT2D eigenvalue weighted by Gasteiger charge is 2.40. The Bertz CT molecular complexity index is 3650. The molecule has 1 heterocycles. The number of esters is 1. The van der Waals surface area contributed by atoms with E-state index >= 15 is 19.2 Å². The average Bonchev–Trinajstić information content (AvgIpc) is 0.925. The Kier molecular flexibility index (Phi) is 45.6. The Morgan fingerprint density at radius 3 is 1.38 bits per heavy atom. The molecule has 15 N–H and O–H groups in total. The summed E-state index contributed by atoms with van der Waals surface area (Å²) in [4.78, 5) is 242. The van der Waals surface area contributed by atoms with Gasteiger partial charge in [-0.2, -0.15) is 0 Å². The van der Waals surface area contributed by atoms with Crippen LogP contribution in [0.3, 0.4) is 0 Å². The van der Waals surface area contributed by atoms with Crippen LogP contribution in [0.1, 0.15) is 234 Å². The van der Waals surface area contributed by atoms with Crippen molar-refractivity contribution in [2.75, 3.05) is 45.9 Å². The van der Waals surface area contributed by atoms with Crippen LogP contribution in [0.15, 0.2) is 30.3 Å². The minimum Gasteiger partial charge on any atom is -0.465 e. The molecular formula is C84H139N13O25. The van der Waals surface area contributed by atoms with Crippen LogP contribution in [-0.4, -0.2) is 240 Å². The molecule has 0 bridgehead atoms. The van der Waals surface area contributed by atoms with Crippen molar-refractivity contribution in [3.05, 3.63) is 35.9 Å². The second-order valence-corrected chi connectivity index (χ2v) is 36.0. The maximum absolute atomic E-state index is 15.5. The van der Waals surface area contributed by atoms with Crippen molar-refractivity contribution in [2.45, 2.75) is 318 Å². The molecule has 13 amide bonds. The number of benzene rings is 1. The summed E-state index contributed by atoms with van der Waals surface area (Å²) >= 11 is 0. The Labute approximate surface area is 716 Å². The minimum absolute atomic E-state index is 0.0997. The number of ether oxygens (including phenoxy) is 6. The summed E-state index contributed by atoms with van der Waals surface area (Å²) in [6.45, 7) is 30.8. The summed E-state index contributed by atoms with van der Waals surface area (Å²) in [5, 5.41) is 56.3. The molecule has 690 valence electrons. The number of hydrogen-bond donors (Lipinski definition) is 15. The van der Waals surface area contributed by atoms with Crippen LogP contribution in [-0.2, 0) is 92.4 Å². The van der Waals surface area contributed by atoms with Crippen LogP contribution in [0.2, 0.25) is 0 Å². The standard InChI is InChI=1S/C84H139N13O25/c1-22-23-41-117-74(111)49(4)43-65(103)91-56(31-37-87-76(113)119-81(10,11)12)64(102)47-55(50(5)98)69(106)92-57(32-38-88-77(114)120-82(13,14)15)62(100)45-53-29-35-85-73(110)66(51(6)99)97-68(105)54(30-36-86-75(112)118-80(7,8)9)46-63(101)58(33-39-89-78(115)121-83(16,17)18)93-71(108)60(42-48(2)3)95-72(109)61(44-52-27-25-24-26-28-52)96-70(107)59(94-67(53)104)34-40-90-79(116)122-84(19,20)21/h24-28,48-51,53-61,66,98-99H,22-23,29-47H2,1-21H3,(H,85,110)(H,86,112)(H,87,113)(H,88,114)(H,89,115)(H,90,116)(H,91,103)(H,92,106)(H,93,108)(H,94,104)(H,95,109)(H,96,107)(H,97,105)/t49?,50?,51?,53-,54-,55+,56+,57+,58+,59+,60+,61-,66+/m1/s1. The topological polar surface area (TPSA) is 542 Å². The van der Waals surface area contributed by atoms with Gasteiger partial charge in [0, 0.05) is 83.2 Å². The summed E-state index contributed by atoms with van der Waals surface area (Å²) < 4.78 is 32.3. The van der Waals surface area contributed by atoms with Crippen LogP contribution in [0.4, 0.5) is 24.0 Å². The lowest BCUT2D eigenvalue weighted by Crippen LogP contribution is -2.59. The molecule has 0 radical (unpaired) electrons. The van der Waals surface area contributed by atoms with Crippen molar-refractivity contribution in [1.29, 1.82) is 0 Å². The van der Waals surface area contributed by atoms with Gasteiger partial charge in [-0.1, -0.05) is 64.4 Å². The molecular weight excluding hydrogens is 1590 g/mol. The zero-order valence-electron chi connectivity index (χ0n) is 75.1. The van der Waals surface area contributed by atoms with Crippen molar-refractivity contribution in [2.24, 2.45) is 29.6 Å². The van der Waals surface area contributed by atoms with Crippen LogP contribution < -0.4 is 69.1 Å². The Morgan fingerprint density at radius 1 is 0.484 bits per heavy atom. The third-order valence-electron chi connectivity index (χ3n) is 18.1. The highest BCUT2D eigenvalue weighted by Crippen LogP contribution is 2.22. The molecule has 1 saturated heterocycles. The molecule has 0 spiro atoms. The molecule has 3 unspecified atom stereocenters. The summed E-state index contributed by atoms with van der Waals surface area (Å²) in [7, 11) is 0. The van der Waals surface area contributed by atoms with E-state index in [-0.39, 0.29) is 64.3 Å². The van der Waals surface area contributed by atoms with E-state index in [1.807, 2.05) is 6.92 Å². The van der Waals surface area contributed by atoms with Gasteiger partial charge < -0.3 is 108 Å². The minimum atomic E-state index is -1.88. The van der Waals surface area contributed by atoms with Gasteiger partial charge in [0.15, 0.2) is 17.3 Å². The lowest BCUT2D eigenvalue weighted by atomic mass is 9.90. The second-order valence-electron chi connectivity index (χ2n) is 36.0. The number of aliphatic hydroxyl groups is 2. The molecule has 1 aliphatic rings. The highest BCUT2D eigenvalue weighted by molar-refractivity contribution is 5.99. The summed E-state index contributed by atoms with van der Waals surface area (Å²) in [5.74, 6) is -17.9. The molecule has 0 aromatic heterocycles. The van der Waals surface area contributed by atoms with E-state index in [0.717, 1.165) is 20.3 Å². The van der Waals surface area contributed by atoms with Gasteiger partial charge in [-0.25, -0.2) is 24.0 Å². The fourth-order valence-corrected chi connectivity index (χ4v) is 12.0. The predicted octanol–water partition coefficient (Wildman–Crippen LogP) is 4.62. The molecule has 0 saturated carbocycles. The van der Waals surface area contributed by atoms with E-state index in [0.29, 0.717) is 12.0 Å². The molecule has 13 atom stereocenters. The number of amides is 13. The van der Waals surface area contributed by atoms with Gasteiger partial charge in [0.25, 0.3) is 0 Å². The summed E-state index contributed by atoms with van der Waals surface area (Å²) in [6.07, 6.45) is -12.7. The van der Waals surface area contributed by atoms with E-state index < -0.39 is 272 Å². The van der Waals surface area contributed by atoms with Crippen LogP contribution in [0, 0.1) is 29.6 Å². The molecule has 1 aromatic rings. The van der Waals surface area contributed by atoms with E-state index in [4.69, 9.17) is 28.4 Å². The number of Topliss-reactive ketones (excluding diaryl/α,β-unsaturated/α-hetero) is 3. The van der Waals surface area contributed by atoms with Crippen molar-refractivity contribution >= 4 is 101 Å². The van der Waals surface area contributed by atoms with Crippen molar-refractivity contribution < 1.29 is 120 Å². The predicted molar refractivity (Wildman–Crippen MR) is 447 cm³/mol. The molecule has 2 rings (SSSR count). The normalized spacial score (nSPS) is 19.9. The quantitative estimate of drug-likeness (QED) is 0.0247. The SMILES string of the molecule is CCCCOC(=O)C(C)CC(=O)N[C@@H](CCNC(=O)OC(C)(C)C)C(=O)C[C@H](C(=O)N[C@@H](CCNC(=O)OC(C)(C)C)C(=O)C[C@H]1CCNC(=O)[C@H](C(C)O)NC(=O)[C@H](CCNC(=O)OC(C)(C)C)CC(=O)[C@H](CCNC(=O)OC(C)(C)C)NC(=O)[C@H](CC(C)C)NC(=O)[C@@H](Cc2ccccc2)NC(=O)[C@H](CCNC(=O)OC(C)(C)C)NC1=O)C(C)O. The summed E-state index contributed by atoms with van der Waals surface area (Å²) in [5.41, 5.74) is -4.48. The average molecular weight is 1730 g/mol. The number of carbonyl (C=O) groups is 17. The number of aliphatic hydroxyl groups excluding tert-OH is 2. The number of alkyl carbamates (subject to hydrolysis) is 5. The van der Waals surface area contributed by atoms with Gasteiger partial charge in [0.1, 0.15) is 52.2 Å². The summed E-state index contributed by atoms with van der Waals surface area (Å²) in [6, 6.07) is -3.31. The third kappa shape index (κ3) is 46.1. The molecule has 1 fully saturated rings. The number of ketones is 3. The largest absolute Gasteiger partial charge is 0.465 e. The molecule has 1 aromatic carbocycles. The van der Waals surface area contributed by atoms with Crippen molar-refractivity contribution in [3.63, 3.8) is 0 Å². The molecule has 1 aliphatic heterocycles. The maximum atomic E-state index is 15.5. The van der Waals surface area contributed by atoms with E-state index in [2.05, 4.69) is 69.1 Å². The second kappa shape index (κ2) is 51.6. The van der Waals surface area contributed by atoms with Gasteiger partial charge in [-0.05, 0) is 181 Å². The molecule has 38 heteroatoms. The first kappa shape index (κ1) is 108. The van der Waals surface area contributed by atoms with Crippen molar-refractivity contribution in [3.8, 4) is 0 Å². The van der Waals surface area contributed by atoms with E-state index in [1.54, 1.807) is 148 Å². The zero-order chi connectivity index (χ0) is 92.8. The first-order valence-electron chi connectivity index (χ1n) is 41.8. The van der Waals surface area contributed by atoms with Gasteiger partial charge in [-0.15, -0.1) is 0 Å². The van der Waals surface area contributed by atoms with Gasteiger partial charge in [0.05, 0.1) is 48.8 Å². The van der Waals surface area contributed by atoms with Crippen molar-refractivity contribution in [1.82, 2.24) is 69.1 Å². The molecule has 0 aliphatic carbocycles. The molecule has 38 nitrogen and oxygen atoms in total. The van der Waals surface area contributed by atoms with Gasteiger partial charge in [0.2, 0.25) is 47.3 Å². The van der Waals surface area contributed by atoms with E-state index in [9.17, 15) is 72.5 Å². The third-order valence-corrected chi connectivity index (χ3v) is 18.1. The Morgan fingerprint density at radius 2 is 0.910 bits per heavy atom. The van der Waals surface area contributed by atoms with E-state index in [1.165, 1.54) is 6.92 Å². The fourth-order valence-electron chi connectivity index (χ4n) is 12.0.